The lowest BCUT2D eigenvalue weighted by Gasteiger charge is -2.49. The number of carboxylic acid groups (broad SMARTS) is 1. The summed E-state index contributed by atoms with van der Waals surface area (Å²) in [7, 11) is 1.22. The zero-order chi connectivity index (χ0) is 28.0. The van der Waals surface area contributed by atoms with E-state index in [-0.39, 0.29) is 39.6 Å². The van der Waals surface area contributed by atoms with Crippen LogP contribution in [-0.2, 0) is 19.1 Å². The highest BCUT2D eigenvalue weighted by atomic mass is 32.2. The van der Waals surface area contributed by atoms with Crippen LogP contribution in [0.15, 0.2) is 27.7 Å². The highest BCUT2D eigenvalue weighted by Gasteiger charge is 2.54. The van der Waals surface area contributed by atoms with E-state index < -0.39 is 41.0 Å². The van der Waals surface area contributed by atoms with Crippen LogP contribution in [0.1, 0.15) is 26.8 Å². The van der Waals surface area contributed by atoms with Gasteiger partial charge in [0.1, 0.15) is 27.8 Å². The summed E-state index contributed by atoms with van der Waals surface area (Å²) >= 11 is 3.50. The first-order valence-corrected chi connectivity index (χ1v) is 13.9. The molecule has 0 aromatic carbocycles. The molecule has 1 fully saturated rings. The molecule has 2 aliphatic rings. The maximum atomic E-state index is 12.9. The predicted octanol–water partition coefficient (Wildman–Crippen LogP) is -0.0284. The van der Waals surface area contributed by atoms with Gasteiger partial charge in [-0.25, -0.2) is 24.1 Å². The molecule has 0 spiro atoms. The van der Waals surface area contributed by atoms with Crippen molar-refractivity contribution < 1.29 is 33.8 Å². The molecular formula is C21H18N8O7S3. The molecular weight excluding hydrogens is 572 g/mol. The summed E-state index contributed by atoms with van der Waals surface area (Å²) in [5.74, 6) is -4.09. The molecule has 15 nitrogen and oxygen atoms in total. The Labute approximate surface area is 231 Å². The Kier molecular flexibility index (Phi) is 7.00. The SMILES string of the molecule is COC(=O)c1nc2nc(SCC3=C(C(=O)O)N4C(=O)[C@@H](NC(=O)C(=O)c5csc(N)n5)[C@H]4SC3)cc(C)n2n1. The number of aliphatic carboxylic acids is 1. The number of amides is 2. The van der Waals surface area contributed by atoms with Crippen LogP contribution < -0.4 is 11.1 Å². The first kappa shape index (κ1) is 26.6. The van der Waals surface area contributed by atoms with Crippen molar-refractivity contribution in [3.8, 4) is 0 Å². The number of nitrogen functional groups attached to an aromatic ring is 1. The van der Waals surface area contributed by atoms with E-state index in [0.717, 1.165) is 16.2 Å². The number of aromatic nitrogens is 5. The number of aryl methyl sites for hydroxylation is 1. The predicted molar refractivity (Wildman–Crippen MR) is 138 cm³/mol. The molecule has 3 aromatic heterocycles. The van der Waals surface area contributed by atoms with E-state index >= 15 is 0 Å². The zero-order valence-corrected chi connectivity index (χ0v) is 22.6. The number of rotatable bonds is 8. The summed E-state index contributed by atoms with van der Waals surface area (Å²) in [5, 5.41) is 17.6. The lowest BCUT2D eigenvalue weighted by Crippen LogP contribution is -2.71. The number of hydrogen-bond donors (Lipinski definition) is 3. The van der Waals surface area contributed by atoms with Crippen molar-refractivity contribution >= 4 is 75.3 Å². The second-order valence-electron chi connectivity index (χ2n) is 8.18. The van der Waals surface area contributed by atoms with Crippen LogP contribution >= 0.6 is 34.9 Å². The molecule has 39 heavy (non-hydrogen) atoms. The number of nitrogens with zero attached hydrogens (tertiary/aromatic N) is 6. The third-order valence-corrected chi connectivity index (χ3v) is 8.74. The van der Waals surface area contributed by atoms with Crippen molar-refractivity contribution in [3.63, 3.8) is 0 Å². The van der Waals surface area contributed by atoms with E-state index in [9.17, 15) is 29.1 Å². The Morgan fingerprint density at radius 3 is 2.72 bits per heavy atom. The van der Waals surface area contributed by atoms with Gasteiger partial charge in [0.25, 0.3) is 29.2 Å². The zero-order valence-electron chi connectivity index (χ0n) is 20.1. The number of fused-ring (bicyclic) bond motifs is 2. The number of thiazole rings is 1. The average Bonchev–Trinajstić information content (AvgIpc) is 3.55. The van der Waals surface area contributed by atoms with Gasteiger partial charge in [0, 0.05) is 22.6 Å². The van der Waals surface area contributed by atoms with E-state index in [4.69, 9.17) is 5.73 Å². The van der Waals surface area contributed by atoms with Gasteiger partial charge >= 0.3 is 11.9 Å². The normalized spacial score (nSPS) is 18.5. The molecule has 4 N–H and O–H groups in total. The number of Topliss-reactive ketones (excluding diaryl/α,β-unsaturated/α-hetero) is 1. The van der Waals surface area contributed by atoms with Gasteiger partial charge in [0.05, 0.1) is 7.11 Å². The van der Waals surface area contributed by atoms with E-state index in [0.29, 0.717) is 16.3 Å². The van der Waals surface area contributed by atoms with Crippen LogP contribution in [0.4, 0.5) is 5.13 Å². The van der Waals surface area contributed by atoms with Gasteiger partial charge in [0.2, 0.25) is 0 Å². The molecule has 18 heteroatoms. The molecule has 0 unspecified atom stereocenters. The molecule has 0 aliphatic carbocycles. The third kappa shape index (κ3) is 4.81. The van der Waals surface area contributed by atoms with Crippen LogP contribution in [0, 0.1) is 6.92 Å². The minimum absolute atomic E-state index is 0.124. The molecule has 3 aromatic rings. The van der Waals surface area contributed by atoms with E-state index in [1.54, 1.807) is 13.0 Å². The van der Waals surface area contributed by atoms with Gasteiger partial charge in [-0.15, -0.1) is 40.0 Å². The maximum Gasteiger partial charge on any atom is 0.378 e. The quantitative estimate of drug-likeness (QED) is 0.0785. The molecule has 0 bridgehead atoms. The Morgan fingerprint density at radius 2 is 2.05 bits per heavy atom. The highest BCUT2D eigenvalue weighted by molar-refractivity contribution is 8.01. The second-order valence-corrected chi connectivity index (χ2v) is 11.2. The smallest absolute Gasteiger partial charge is 0.378 e. The molecule has 2 aliphatic heterocycles. The molecule has 202 valence electrons. The monoisotopic (exact) mass is 590 g/mol. The number of ether oxygens (including phenoxy) is 1. The molecule has 2 atom stereocenters. The number of anilines is 1. The van der Waals surface area contributed by atoms with Gasteiger partial charge in [-0.3, -0.25) is 19.3 Å². The number of nitrogens with two attached hydrogens (primary N) is 1. The van der Waals surface area contributed by atoms with Crippen molar-refractivity contribution in [2.24, 2.45) is 0 Å². The molecule has 0 radical (unpaired) electrons. The summed E-state index contributed by atoms with van der Waals surface area (Å²) in [6.07, 6.45) is 0. The van der Waals surface area contributed by atoms with Crippen molar-refractivity contribution in [1.82, 2.24) is 34.8 Å². The molecule has 2 amide bonds. The van der Waals surface area contributed by atoms with E-state index in [2.05, 4.69) is 30.1 Å². The van der Waals surface area contributed by atoms with E-state index in [1.807, 2.05) is 0 Å². The fraction of sp³-hybridized carbons (Fsp3) is 0.286. The van der Waals surface area contributed by atoms with Gasteiger partial charge in [-0.2, -0.15) is 4.98 Å². The topological polar surface area (TPSA) is 212 Å². The molecule has 0 saturated carbocycles. The van der Waals surface area contributed by atoms with Crippen LogP contribution in [0.25, 0.3) is 5.78 Å². The summed E-state index contributed by atoms with van der Waals surface area (Å²) in [4.78, 5) is 74.8. The summed E-state index contributed by atoms with van der Waals surface area (Å²) in [5.41, 5.74) is 6.32. The van der Waals surface area contributed by atoms with Crippen molar-refractivity contribution in [1.29, 1.82) is 0 Å². The Balaban J connectivity index is 1.30. The highest BCUT2D eigenvalue weighted by Crippen LogP contribution is 2.41. The first-order valence-electron chi connectivity index (χ1n) is 11.0. The number of thioether (sulfide) groups is 2. The number of hydrogen-bond acceptors (Lipinski definition) is 14. The van der Waals surface area contributed by atoms with Crippen molar-refractivity contribution in [2.75, 3.05) is 24.3 Å². The minimum Gasteiger partial charge on any atom is -0.477 e. The van der Waals surface area contributed by atoms with Crippen LogP contribution in [-0.4, -0.2) is 94.1 Å². The van der Waals surface area contributed by atoms with Gasteiger partial charge in [-0.1, -0.05) is 0 Å². The van der Waals surface area contributed by atoms with Crippen LogP contribution in [0.2, 0.25) is 0 Å². The van der Waals surface area contributed by atoms with E-state index in [1.165, 1.54) is 40.5 Å². The molecule has 5 heterocycles. The third-order valence-electron chi connectivity index (χ3n) is 5.73. The first-order chi connectivity index (χ1) is 18.6. The van der Waals surface area contributed by atoms with Crippen LogP contribution in [0.3, 0.4) is 0 Å². The standard InChI is InChI=1S/C21H18N8O7S3/c1-7-3-10(24-21-26-14(19(35)36-2)27-29(7)21)37-4-8-5-38-17-11(16(32)28(17)12(8)18(33)34)25-15(31)13(30)9-6-39-20(22)23-9/h3,6,11,17H,4-5H2,1-2H3,(H2,22,23)(H,25,31)(H,33,34)/t11-,17-/m1/s1. The number of carboxylic acids is 1. The fourth-order valence-corrected chi connectivity index (χ4v) is 6.88. The van der Waals surface area contributed by atoms with Crippen molar-refractivity contribution in [2.45, 2.75) is 23.4 Å². The van der Waals surface area contributed by atoms with Gasteiger partial charge in [-0.05, 0) is 18.6 Å². The van der Waals surface area contributed by atoms with Gasteiger partial charge in [0.15, 0.2) is 5.13 Å². The summed E-state index contributed by atoms with van der Waals surface area (Å²) < 4.78 is 6.03. The van der Waals surface area contributed by atoms with Crippen molar-refractivity contribution in [3.05, 3.63) is 39.9 Å². The lowest BCUT2D eigenvalue weighted by atomic mass is 10.0. The number of esters is 1. The maximum absolute atomic E-state index is 12.9. The Bertz CT molecular complexity index is 1600. The number of methoxy groups -OCH3 is 1. The average molecular weight is 591 g/mol. The van der Waals surface area contributed by atoms with Crippen LogP contribution in [0.5, 0.6) is 0 Å². The summed E-state index contributed by atoms with van der Waals surface area (Å²) in [6.45, 7) is 1.75. The summed E-state index contributed by atoms with van der Waals surface area (Å²) in [6, 6.07) is 0.648. The number of β-lactam (4-membered cyclic amide) rings is 1. The molecule has 5 rings (SSSR count). The van der Waals surface area contributed by atoms with Gasteiger partial charge < -0.3 is 20.9 Å². The largest absolute Gasteiger partial charge is 0.477 e. The fourth-order valence-electron chi connectivity index (χ4n) is 3.91. The molecule has 1 saturated heterocycles. The number of carbonyl (C=O) groups is 5. The minimum atomic E-state index is -1.29. The number of carbonyl (C=O) groups excluding carboxylic acids is 4. The Hall–Kier alpha value is -4.03. The lowest BCUT2D eigenvalue weighted by molar-refractivity contribution is -0.150. The Morgan fingerprint density at radius 1 is 1.28 bits per heavy atom. The second kappa shape index (κ2) is 10.3. The number of nitrogens with one attached hydrogen (secondary N) is 1. The number of ketones is 1.